The summed E-state index contributed by atoms with van der Waals surface area (Å²) in [7, 11) is 0. The molecule has 0 heterocycles. The Morgan fingerprint density at radius 3 is 2.58 bits per heavy atom. The van der Waals surface area contributed by atoms with Crippen LogP contribution in [0, 0.1) is 11.6 Å². The van der Waals surface area contributed by atoms with Crippen LogP contribution >= 0.6 is 0 Å². The molecule has 2 N–H and O–H groups in total. The van der Waals surface area contributed by atoms with Gasteiger partial charge < -0.3 is 10.6 Å². The zero-order chi connectivity index (χ0) is 13.8. The van der Waals surface area contributed by atoms with Gasteiger partial charge >= 0.3 is 6.03 Å². The number of benzene rings is 1. The van der Waals surface area contributed by atoms with E-state index in [0.29, 0.717) is 5.56 Å². The molecule has 0 saturated heterocycles. The number of urea groups is 1. The fourth-order valence-electron chi connectivity index (χ4n) is 2.36. The number of hydrogen-bond acceptors (Lipinski definition) is 1. The number of carbonyl (C=O) groups is 1. The Kier molecular flexibility index (Phi) is 4.35. The van der Waals surface area contributed by atoms with Crippen molar-refractivity contribution < 1.29 is 13.6 Å². The van der Waals surface area contributed by atoms with Gasteiger partial charge in [0, 0.05) is 6.04 Å². The van der Waals surface area contributed by atoms with Gasteiger partial charge in [-0.15, -0.1) is 0 Å². The normalized spacial score (nSPS) is 17.2. The summed E-state index contributed by atoms with van der Waals surface area (Å²) in [5, 5.41) is 5.62. The van der Waals surface area contributed by atoms with Crippen molar-refractivity contribution in [2.45, 2.75) is 44.7 Å². The summed E-state index contributed by atoms with van der Waals surface area (Å²) in [6.45, 7) is 1.74. The minimum absolute atomic E-state index is 0.233. The molecular formula is C14H18F2N2O. The van der Waals surface area contributed by atoms with Crippen LogP contribution in [0.2, 0.25) is 0 Å². The maximum absolute atomic E-state index is 13.1. The highest BCUT2D eigenvalue weighted by atomic mass is 19.2. The van der Waals surface area contributed by atoms with Crippen molar-refractivity contribution in [1.82, 2.24) is 10.6 Å². The monoisotopic (exact) mass is 268 g/mol. The first-order chi connectivity index (χ1) is 9.06. The molecule has 0 aromatic heterocycles. The van der Waals surface area contributed by atoms with Gasteiger partial charge in [0.1, 0.15) is 0 Å². The van der Waals surface area contributed by atoms with Crippen molar-refractivity contribution in [1.29, 1.82) is 0 Å². The van der Waals surface area contributed by atoms with Crippen LogP contribution in [0.25, 0.3) is 0 Å². The van der Waals surface area contributed by atoms with Crippen LogP contribution < -0.4 is 10.6 Å². The van der Waals surface area contributed by atoms with Crippen molar-refractivity contribution in [3.63, 3.8) is 0 Å². The van der Waals surface area contributed by atoms with Gasteiger partial charge in [0.2, 0.25) is 0 Å². The quantitative estimate of drug-likeness (QED) is 0.868. The molecule has 1 aliphatic rings. The predicted octanol–water partition coefficient (Wildman–Crippen LogP) is 3.27. The average Bonchev–Trinajstić information content (AvgIpc) is 2.85. The van der Waals surface area contributed by atoms with Crippen molar-refractivity contribution in [3.05, 3.63) is 35.4 Å². The first-order valence-electron chi connectivity index (χ1n) is 6.58. The van der Waals surface area contributed by atoms with E-state index in [1.807, 2.05) is 0 Å². The zero-order valence-corrected chi connectivity index (χ0v) is 10.9. The van der Waals surface area contributed by atoms with Crippen molar-refractivity contribution in [2.24, 2.45) is 0 Å². The van der Waals surface area contributed by atoms with Crippen molar-refractivity contribution in [3.8, 4) is 0 Å². The topological polar surface area (TPSA) is 41.1 Å². The molecule has 1 aromatic carbocycles. The van der Waals surface area contributed by atoms with Gasteiger partial charge in [0.05, 0.1) is 6.04 Å². The summed E-state index contributed by atoms with van der Waals surface area (Å²) in [5.41, 5.74) is 0.542. The number of nitrogens with one attached hydrogen (secondary N) is 2. The molecule has 1 saturated carbocycles. The molecule has 0 bridgehead atoms. The highest BCUT2D eigenvalue weighted by molar-refractivity contribution is 5.74. The van der Waals surface area contributed by atoms with Crippen LogP contribution in [-0.2, 0) is 0 Å². The molecule has 3 nitrogen and oxygen atoms in total. The molecule has 104 valence electrons. The predicted molar refractivity (Wildman–Crippen MR) is 68.7 cm³/mol. The van der Waals surface area contributed by atoms with Gasteiger partial charge in [0.15, 0.2) is 11.6 Å². The zero-order valence-electron chi connectivity index (χ0n) is 10.9. The third-order valence-corrected chi connectivity index (χ3v) is 3.48. The lowest BCUT2D eigenvalue weighted by Crippen LogP contribution is -2.41. The molecule has 19 heavy (non-hydrogen) atoms. The third kappa shape index (κ3) is 3.66. The van der Waals surface area contributed by atoms with Crippen LogP contribution in [0.3, 0.4) is 0 Å². The van der Waals surface area contributed by atoms with Gasteiger partial charge in [-0.25, -0.2) is 13.6 Å². The van der Waals surface area contributed by atoms with Gasteiger partial charge in [-0.1, -0.05) is 18.9 Å². The summed E-state index contributed by atoms with van der Waals surface area (Å²) in [6.07, 6.45) is 4.30. The maximum Gasteiger partial charge on any atom is 0.315 e. The Morgan fingerprint density at radius 1 is 1.26 bits per heavy atom. The fourth-order valence-corrected chi connectivity index (χ4v) is 2.36. The Bertz CT molecular complexity index is 459. The second-order valence-electron chi connectivity index (χ2n) is 4.99. The summed E-state index contributed by atoms with van der Waals surface area (Å²) in [6, 6.07) is 3.25. The van der Waals surface area contributed by atoms with E-state index in [1.165, 1.54) is 6.07 Å². The molecule has 1 atom stereocenters. The molecule has 2 amide bonds. The van der Waals surface area contributed by atoms with Gasteiger partial charge in [0.25, 0.3) is 0 Å². The third-order valence-electron chi connectivity index (χ3n) is 3.48. The standard InChI is InChI=1S/C14H18F2N2O/c1-9(10-6-7-12(15)13(16)8-10)17-14(19)18-11-4-2-3-5-11/h6-9,11H,2-5H2,1H3,(H2,17,18,19)/t9-/m1/s1. The van der Waals surface area contributed by atoms with Crippen molar-refractivity contribution in [2.75, 3.05) is 0 Å². The number of amides is 2. The molecule has 5 heteroatoms. The number of carbonyl (C=O) groups excluding carboxylic acids is 1. The summed E-state index contributed by atoms with van der Waals surface area (Å²) < 4.78 is 25.9. The van der Waals surface area contributed by atoms with Crippen LogP contribution in [-0.4, -0.2) is 12.1 Å². The minimum Gasteiger partial charge on any atom is -0.335 e. The first-order valence-corrected chi connectivity index (χ1v) is 6.58. The Morgan fingerprint density at radius 2 is 1.95 bits per heavy atom. The smallest absolute Gasteiger partial charge is 0.315 e. The molecule has 1 aromatic rings. The van der Waals surface area contributed by atoms with E-state index in [0.717, 1.165) is 37.8 Å². The lowest BCUT2D eigenvalue weighted by atomic mass is 10.1. The van der Waals surface area contributed by atoms with E-state index >= 15 is 0 Å². The summed E-state index contributed by atoms with van der Waals surface area (Å²) in [4.78, 5) is 11.7. The van der Waals surface area contributed by atoms with E-state index in [2.05, 4.69) is 10.6 Å². The van der Waals surface area contributed by atoms with Gasteiger partial charge in [-0.2, -0.15) is 0 Å². The summed E-state index contributed by atoms with van der Waals surface area (Å²) >= 11 is 0. The van der Waals surface area contributed by atoms with Crippen LogP contribution in [0.4, 0.5) is 13.6 Å². The molecule has 0 radical (unpaired) electrons. The highest BCUT2D eigenvalue weighted by Crippen LogP contribution is 2.18. The number of hydrogen-bond donors (Lipinski definition) is 2. The Balaban J connectivity index is 1.90. The minimum atomic E-state index is -0.901. The summed E-state index contributed by atoms with van der Waals surface area (Å²) in [5.74, 6) is -1.78. The maximum atomic E-state index is 13.1. The highest BCUT2D eigenvalue weighted by Gasteiger charge is 2.18. The van der Waals surface area contributed by atoms with E-state index in [-0.39, 0.29) is 18.1 Å². The second kappa shape index (κ2) is 5.99. The SMILES string of the molecule is C[C@@H](NC(=O)NC1CCCC1)c1ccc(F)c(F)c1. The molecule has 0 aliphatic heterocycles. The van der Waals surface area contributed by atoms with Crippen LogP contribution in [0.15, 0.2) is 18.2 Å². The second-order valence-corrected chi connectivity index (χ2v) is 4.99. The van der Waals surface area contributed by atoms with E-state index in [9.17, 15) is 13.6 Å². The van der Waals surface area contributed by atoms with E-state index < -0.39 is 11.6 Å². The largest absolute Gasteiger partial charge is 0.335 e. The van der Waals surface area contributed by atoms with Crippen molar-refractivity contribution >= 4 is 6.03 Å². The lowest BCUT2D eigenvalue weighted by molar-refractivity contribution is 0.234. The van der Waals surface area contributed by atoms with Gasteiger partial charge in [-0.3, -0.25) is 0 Å². The first kappa shape index (κ1) is 13.8. The molecule has 0 spiro atoms. The molecule has 1 aliphatic carbocycles. The average molecular weight is 268 g/mol. The van der Waals surface area contributed by atoms with E-state index in [4.69, 9.17) is 0 Å². The van der Waals surface area contributed by atoms with Gasteiger partial charge in [-0.05, 0) is 37.5 Å². The van der Waals surface area contributed by atoms with Crippen LogP contribution in [0.1, 0.15) is 44.2 Å². The molecule has 2 rings (SSSR count). The molecule has 0 unspecified atom stereocenters. The molecule has 1 fully saturated rings. The Labute approximate surface area is 111 Å². The van der Waals surface area contributed by atoms with Crippen LogP contribution in [0.5, 0.6) is 0 Å². The molecular weight excluding hydrogens is 250 g/mol. The number of rotatable bonds is 3. The number of halogens is 2. The Hall–Kier alpha value is -1.65. The van der Waals surface area contributed by atoms with E-state index in [1.54, 1.807) is 6.92 Å². The lowest BCUT2D eigenvalue weighted by Gasteiger charge is -2.18. The fraction of sp³-hybridized carbons (Fsp3) is 0.500.